The average Bonchev–Trinajstić information content (AvgIpc) is 2.92. The molecule has 4 atom stereocenters. The number of hydrogen-bond donors (Lipinski definition) is 1. The van der Waals surface area contributed by atoms with Gasteiger partial charge in [-0.3, -0.25) is 19.2 Å². The molecule has 0 saturated carbocycles. The van der Waals surface area contributed by atoms with Crippen LogP contribution in [0.25, 0.3) is 0 Å². The lowest BCUT2D eigenvalue weighted by Gasteiger charge is -2.29. The summed E-state index contributed by atoms with van der Waals surface area (Å²) >= 11 is 3.35. The molecule has 0 aliphatic carbocycles. The van der Waals surface area contributed by atoms with Gasteiger partial charge in [0.15, 0.2) is 23.6 Å². The van der Waals surface area contributed by atoms with E-state index in [1.807, 2.05) is 0 Å². The molecule has 1 aliphatic rings. The van der Waals surface area contributed by atoms with Crippen LogP contribution in [0.5, 0.6) is 5.75 Å². The molecular formula is C27H37BrN2O9. The first-order valence-corrected chi connectivity index (χ1v) is 14.2. The number of ether oxygens (including phenoxy) is 4. The summed E-state index contributed by atoms with van der Waals surface area (Å²) in [6.45, 7) is 7.68. The number of aryl methyl sites for hydroxylation is 1. The number of hydrogen-bond acceptors (Lipinski definition) is 10. The summed E-state index contributed by atoms with van der Waals surface area (Å²) in [6.07, 6.45) is 2.17. The molecule has 1 amide bonds. The van der Waals surface area contributed by atoms with Gasteiger partial charge in [0.05, 0.1) is 11.8 Å². The van der Waals surface area contributed by atoms with E-state index in [0.717, 1.165) is 18.2 Å². The molecule has 1 aliphatic heterocycles. The highest BCUT2D eigenvalue weighted by molar-refractivity contribution is 9.09. The fourth-order valence-corrected chi connectivity index (χ4v) is 4.25. The van der Waals surface area contributed by atoms with Crippen LogP contribution in [0.3, 0.4) is 0 Å². The van der Waals surface area contributed by atoms with Crippen molar-refractivity contribution in [3.05, 3.63) is 23.5 Å². The highest BCUT2D eigenvalue weighted by atomic mass is 79.9. The number of carbonyl (C=O) groups is 5. The lowest BCUT2D eigenvalue weighted by Crippen LogP contribution is -2.47. The van der Waals surface area contributed by atoms with Crippen LogP contribution in [0, 0.1) is 18.8 Å². The maximum atomic E-state index is 13.2. The van der Waals surface area contributed by atoms with E-state index in [1.165, 1.54) is 13.1 Å². The van der Waals surface area contributed by atoms with Gasteiger partial charge in [0.2, 0.25) is 0 Å². The van der Waals surface area contributed by atoms with E-state index >= 15 is 0 Å². The Hall–Kier alpha value is -3.02. The number of pyridine rings is 1. The molecule has 2 rings (SSSR count). The van der Waals surface area contributed by atoms with Crippen LogP contribution in [-0.2, 0) is 33.4 Å². The van der Waals surface area contributed by atoms with Gasteiger partial charge in [-0.15, -0.1) is 0 Å². The Balaban J connectivity index is 2.21. The highest BCUT2D eigenvalue weighted by Crippen LogP contribution is 2.25. The number of alkyl halides is 1. The number of esters is 4. The molecule has 2 heterocycles. The minimum atomic E-state index is -1.38. The molecule has 4 unspecified atom stereocenters. The van der Waals surface area contributed by atoms with Crippen LogP contribution in [0.15, 0.2) is 12.3 Å². The number of carbonyl (C=O) groups excluding carboxylic acids is 5. The fourth-order valence-electron chi connectivity index (χ4n) is 3.85. The van der Waals surface area contributed by atoms with Gasteiger partial charge in [-0.05, 0) is 44.7 Å². The van der Waals surface area contributed by atoms with Crippen molar-refractivity contribution < 1.29 is 42.9 Å². The molecule has 0 aromatic carbocycles. The molecule has 216 valence electrons. The summed E-state index contributed by atoms with van der Waals surface area (Å²) < 4.78 is 21.8. The smallest absolute Gasteiger partial charge is 0.332 e. The average molecular weight is 614 g/mol. The summed E-state index contributed by atoms with van der Waals surface area (Å²) in [4.78, 5) is 67.7. The molecule has 1 aromatic heterocycles. The van der Waals surface area contributed by atoms with Crippen molar-refractivity contribution in [2.75, 3.05) is 11.9 Å². The molecule has 0 spiro atoms. The zero-order chi connectivity index (χ0) is 29.1. The molecule has 1 fully saturated rings. The van der Waals surface area contributed by atoms with Crippen LogP contribution in [-0.4, -0.2) is 65.0 Å². The third-order valence-corrected chi connectivity index (χ3v) is 6.72. The zero-order valence-corrected chi connectivity index (χ0v) is 24.6. The number of halogens is 1. The van der Waals surface area contributed by atoms with Crippen LogP contribution < -0.4 is 10.1 Å². The van der Waals surface area contributed by atoms with Gasteiger partial charge in [-0.1, -0.05) is 43.1 Å². The van der Waals surface area contributed by atoms with Gasteiger partial charge in [-0.2, -0.15) is 0 Å². The number of unbranched alkanes of at least 4 members (excludes halogenated alkanes) is 2. The number of rotatable bonds is 11. The van der Waals surface area contributed by atoms with Crippen molar-refractivity contribution in [1.29, 1.82) is 0 Å². The second-order valence-corrected chi connectivity index (χ2v) is 10.4. The molecule has 1 saturated heterocycles. The summed E-state index contributed by atoms with van der Waals surface area (Å²) in [7, 11) is 0. The second kappa shape index (κ2) is 15.5. The summed E-state index contributed by atoms with van der Waals surface area (Å²) in [5.74, 6) is -4.80. The van der Waals surface area contributed by atoms with Gasteiger partial charge in [0.25, 0.3) is 5.91 Å². The van der Waals surface area contributed by atoms with Crippen molar-refractivity contribution in [3.63, 3.8) is 0 Å². The quantitative estimate of drug-likeness (QED) is 0.170. The van der Waals surface area contributed by atoms with Crippen molar-refractivity contribution in [3.8, 4) is 5.75 Å². The van der Waals surface area contributed by atoms with E-state index in [2.05, 4.69) is 26.2 Å². The van der Waals surface area contributed by atoms with Gasteiger partial charge in [0.1, 0.15) is 12.7 Å². The van der Waals surface area contributed by atoms with E-state index in [-0.39, 0.29) is 24.3 Å². The minimum Gasteiger partial charge on any atom is -0.463 e. The molecule has 0 radical (unpaired) electrons. The maximum Gasteiger partial charge on any atom is 0.332 e. The summed E-state index contributed by atoms with van der Waals surface area (Å²) in [5, 5.41) is 3.31. The number of amides is 1. The van der Waals surface area contributed by atoms with E-state index < -0.39 is 66.5 Å². The number of nitrogens with one attached hydrogen (secondary N) is 1. The first-order valence-electron chi connectivity index (χ1n) is 13.1. The normalized spacial score (nSPS) is 21.6. The van der Waals surface area contributed by atoms with Crippen LogP contribution >= 0.6 is 15.9 Å². The molecule has 0 bridgehead atoms. The van der Waals surface area contributed by atoms with E-state index in [0.29, 0.717) is 12.0 Å². The number of aromatic nitrogens is 1. The van der Waals surface area contributed by atoms with Crippen LogP contribution in [0.1, 0.15) is 75.9 Å². The first-order chi connectivity index (χ1) is 18.5. The van der Waals surface area contributed by atoms with Gasteiger partial charge >= 0.3 is 23.9 Å². The molecule has 39 heavy (non-hydrogen) atoms. The Labute approximate surface area is 236 Å². The lowest BCUT2D eigenvalue weighted by molar-refractivity contribution is -0.176. The Morgan fingerprint density at radius 1 is 1.18 bits per heavy atom. The number of nitrogens with zero attached hydrogens (tertiary/aromatic N) is 1. The molecule has 1 N–H and O–H groups in total. The molecule has 1 aromatic rings. The maximum absolute atomic E-state index is 13.2. The largest absolute Gasteiger partial charge is 0.463 e. The van der Waals surface area contributed by atoms with Crippen LogP contribution in [0.2, 0.25) is 0 Å². The van der Waals surface area contributed by atoms with Gasteiger partial charge in [0, 0.05) is 17.9 Å². The first kappa shape index (κ1) is 32.2. The van der Waals surface area contributed by atoms with Gasteiger partial charge < -0.3 is 24.3 Å². The number of cyclic esters (lactones) is 2. The van der Waals surface area contributed by atoms with Gasteiger partial charge in [-0.25, -0.2) is 9.78 Å². The monoisotopic (exact) mass is 612 g/mol. The zero-order valence-electron chi connectivity index (χ0n) is 23.0. The lowest BCUT2D eigenvalue weighted by atomic mass is 9.95. The SMILES string of the molecule is CCC1C(=O)OCC(NC(=O)c2nccc(C)c2OC(=O)CCCCCBr)C(=O)OC(C)C1OC(=O)C(C)C. The van der Waals surface area contributed by atoms with E-state index in [9.17, 15) is 24.0 Å². The minimum absolute atomic E-state index is 0.0194. The second-order valence-electron chi connectivity index (χ2n) is 9.65. The van der Waals surface area contributed by atoms with Crippen LogP contribution in [0.4, 0.5) is 0 Å². The molecular weight excluding hydrogens is 576 g/mol. The van der Waals surface area contributed by atoms with Crippen molar-refractivity contribution in [2.24, 2.45) is 11.8 Å². The van der Waals surface area contributed by atoms with Crippen molar-refractivity contribution in [1.82, 2.24) is 10.3 Å². The topological polar surface area (TPSA) is 147 Å². The Morgan fingerprint density at radius 2 is 1.90 bits per heavy atom. The standard InChI is InChI=1S/C27H37BrN2O9/c1-6-18-23(39-25(33)15(2)3)17(5)37-27(35)19(14-36-26(18)34)30-24(32)21-22(16(4)11-13-29-21)38-20(31)10-8-7-9-12-28/h11,13,15,17-19,23H,6-10,12,14H2,1-5H3,(H,30,32). The molecule has 11 nitrogen and oxygen atoms in total. The third-order valence-electron chi connectivity index (χ3n) is 6.16. The Bertz CT molecular complexity index is 1050. The summed E-state index contributed by atoms with van der Waals surface area (Å²) in [5.41, 5.74) is 0.299. The van der Waals surface area contributed by atoms with E-state index in [1.54, 1.807) is 33.8 Å². The van der Waals surface area contributed by atoms with E-state index in [4.69, 9.17) is 18.9 Å². The third kappa shape index (κ3) is 9.29. The Kier molecular flexibility index (Phi) is 12.8. The van der Waals surface area contributed by atoms with Crippen molar-refractivity contribution in [2.45, 2.75) is 85.0 Å². The summed E-state index contributed by atoms with van der Waals surface area (Å²) in [6, 6.07) is 0.210. The predicted octanol–water partition coefficient (Wildman–Crippen LogP) is 3.43. The molecule has 12 heteroatoms. The van der Waals surface area contributed by atoms with Crippen molar-refractivity contribution >= 4 is 45.7 Å². The fraction of sp³-hybridized carbons (Fsp3) is 0.630. The Morgan fingerprint density at radius 3 is 2.54 bits per heavy atom. The highest BCUT2D eigenvalue weighted by Gasteiger charge is 2.41. The predicted molar refractivity (Wildman–Crippen MR) is 143 cm³/mol.